The first-order valence-corrected chi connectivity index (χ1v) is 29.3. The number of phenolic OH excluding ortho intramolecular Hbond substituents is 2. The van der Waals surface area contributed by atoms with Crippen LogP contribution < -0.4 is 39.1 Å². The number of nitrogens with one attached hydrogen (secondary N) is 2. The fraction of sp³-hybridized carbons (Fsp3) is 0.400. The Bertz CT molecular complexity index is 3470. The maximum Gasteiger partial charge on any atom is 0.163 e. The predicted molar refractivity (Wildman–Crippen MR) is 328 cm³/mol. The standard InChI is InChI=1S/2C22H24ClFN4O4.C16H20ClN3O3.2Ac/c2*1-31-20-6-14-17(9-21(20)32-11-13(29)10-28-4-2-3-5-28)25-12-26-22(14)27-18-8-19(30)15(23)7-16(18)24;1-22-14-6-12-13(18-10-19-16(12)17)7-15(14)23-9-11(21)8-20-4-2-3-5-20;;/h2*6-9,12-13,29-30H,2-5,10-11H2,1H3,(H,25,26,27);6-7,10-11,21H,2-5,8-9H2,1H3;;. The minimum atomic E-state index is -0.640. The summed E-state index contributed by atoms with van der Waals surface area (Å²) in [4.78, 5) is 31.7. The number of aliphatic hydroxyl groups excluding tert-OH is 3. The Labute approximate surface area is 599 Å². The normalized spacial score (nSPS) is 15.2. The maximum absolute atomic E-state index is 14.3. The first-order chi connectivity index (χ1) is 42.0. The molecule has 89 heavy (non-hydrogen) atoms. The second-order valence-electron chi connectivity index (χ2n) is 20.9. The number of aliphatic hydroxyl groups is 3. The number of benzene rings is 5. The molecule has 3 aliphatic heterocycles. The average Bonchev–Trinajstić information content (AvgIpc) is 3.93. The first kappa shape index (κ1) is 71.9. The van der Waals surface area contributed by atoms with Gasteiger partial charge in [-0.05, 0) is 108 Å². The van der Waals surface area contributed by atoms with Gasteiger partial charge in [0.2, 0.25) is 0 Å². The van der Waals surface area contributed by atoms with E-state index in [0.29, 0.717) is 104 Å². The molecule has 22 nitrogen and oxygen atoms in total. The van der Waals surface area contributed by atoms with Crippen molar-refractivity contribution in [1.29, 1.82) is 0 Å². The summed E-state index contributed by atoms with van der Waals surface area (Å²) in [5, 5.41) is 58.1. The van der Waals surface area contributed by atoms with Crippen molar-refractivity contribution in [2.45, 2.75) is 56.8 Å². The van der Waals surface area contributed by atoms with E-state index in [0.717, 1.165) is 77.1 Å². The Morgan fingerprint density at radius 2 is 0.764 bits per heavy atom. The number of ether oxygens (including phenoxy) is 6. The van der Waals surface area contributed by atoms with Crippen LogP contribution in [0.2, 0.25) is 15.2 Å². The summed E-state index contributed by atoms with van der Waals surface area (Å²) in [5.41, 5.74) is 1.76. The van der Waals surface area contributed by atoms with Gasteiger partial charge in [-0.2, -0.15) is 0 Å². The van der Waals surface area contributed by atoms with Crippen molar-refractivity contribution in [2.75, 3.05) is 111 Å². The van der Waals surface area contributed by atoms with E-state index in [4.69, 9.17) is 63.2 Å². The van der Waals surface area contributed by atoms with Gasteiger partial charge in [0.1, 0.15) is 97.0 Å². The van der Waals surface area contributed by atoms with E-state index >= 15 is 0 Å². The van der Waals surface area contributed by atoms with E-state index in [1.165, 1.54) is 58.2 Å². The van der Waals surface area contributed by atoms with Gasteiger partial charge in [0.25, 0.3) is 0 Å². The molecule has 6 heterocycles. The minimum absolute atomic E-state index is 0. The van der Waals surface area contributed by atoms with Crippen LogP contribution in [0.15, 0.2) is 79.6 Å². The van der Waals surface area contributed by atoms with Gasteiger partial charge in [0, 0.05) is 154 Å². The Hall–Kier alpha value is -4.51. The number of likely N-dealkylation sites (tertiary alicyclic amines) is 3. The van der Waals surface area contributed by atoms with Gasteiger partial charge in [-0.1, -0.05) is 34.8 Å². The van der Waals surface area contributed by atoms with Crippen LogP contribution in [0, 0.1) is 99.8 Å². The first-order valence-electron chi connectivity index (χ1n) is 28.2. The second-order valence-corrected chi connectivity index (χ2v) is 22.1. The molecule has 3 atom stereocenters. The molecule has 3 unspecified atom stereocenters. The van der Waals surface area contributed by atoms with Crippen molar-refractivity contribution >= 4 is 90.5 Å². The van der Waals surface area contributed by atoms with Gasteiger partial charge in [0.05, 0.1) is 59.3 Å². The van der Waals surface area contributed by atoms with Crippen LogP contribution in [0.25, 0.3) is 32.7 Å². The molecular weight excluding hydrogens is 1650 g/mol. The van der Waals surface area contributed by atoms with Crippen molar-refractivity contribution in [3.63, 3.8) is 0 Å². The molecule has 2 radical (unpaired) electrons. The molecule has 3 aliphatic rings. The van der Waals surface area contributed by atoms with Crippen molar-refractivity contribution in [3.05, 3.63) is 106 Å². The van der Waals surface area contributed by atoms with Gasteiger partial charge in [-0.25, -0.2) is 38.7 Å². The van der Waals surface area contributed by atoms with Crippen LogP contribution in [0.5, 0.6) is 46.0 Å². The number of aromatic nitrogens is 6. The number of aromatic hydroxyl groups is 2. The monoisotopic (exact) mass is 1720 g/mol. The SMILES string of the molecule is COc1cc2c(Cl)ncnc2cc1OCC(O)CN1CCCC1.COc1cc2c(Nc3cc(O)c(Cl)cc3F)ncnc2cc1OCC(O)CN1CCCC1.COc1cc2c(Nc3cc(O)c(Cl)cc3F)ncnc2cc1OCC(O)CN1CCCC1.[Ac].[Ac]. The molecule has 3 saturated heterocycles. The maximum atomic E-state index is 14.3. The fourth-order valence-corrected chi connectivity index (χ4v) is 10.7. The number of rotatable bonds is 22. The van der Waals surface area contributed by atoms with E-state index < -0.39 is 29.9 Å². The Kier molecular flexibility index (Phi) is 28.2. The number of nitrogens with zero attached hydrogens (tertiary/aromatic N) is 9. The van der Waals surface area contributed by atoms with E-state index in [2.05, 4.69) is 55.2 Å². The number of hydrogen-bond donors (Lipinski definition) is 7. The zero-order chi connectivity index (χ0) is 61.6. The van der Waals surface area contributed by atoms with E-state index in [1.807, 2.05) is 0 Å². The fourth-order valence-electron chi connectivity index (χ4n) is 10.2. The number of anilines is 4. The molecule has 0 amide bonds. The van der Waals surface area contributed by atoms with E-state index in [9.17, 15) is 34.3 Å². The number of hydrogen-bond acceptors (Lipinski definition) is 22. The molecular formula is C60H68Ac2Cl3F2N11O11. The van der Waals surface area contributed by atoms with E-state index in [-0.39, 0.29) is 141 Å². The van der Waals surface area contributed by atoms with Gasteiger partial charge in [-0.3, -0.25) is 0 Å². The topological polar surface area (TPSA) is 268 Å². The summed E-state index contributed by atoms with van der Waals surface area (Å²) in [7, 11) is 4.57. The van der Waals surface area contributed by atoms with Gasteiger partial charge < -0.3 is 79.3 Å². The molecule has 0 aliphatic carbocycles. The third-order valence-electron chi connectivity index (χ3n) is 14.6. The average molecular weight is 1720 g/mol. The molecule has 3 fully saturated rings. The largest absolute Gasteiger partial charge is 0.506 e. The third kappa shape index (κ3) is 19.8. The van der Waals surface area contributed by atoms with Crippen LogP contribution in [-0.4, -0.2) is 189 Å². The molecule has 3 aromatic heterocycles. The molecule has 470 valence electrons. The molecule has 8 aromatic rings. The van der Waals surface area contributed by atoms with E-state index in [1.54, 1.807) is 43.5 Å². The van der Waals surface area contributed by atoms with Crippen LogP contribution in [-0.2, 0) is 0 Å². The minimum Gasteiger partial charge on any atom is -0.506 e. The summed E-state index contributed by atoms with van der Waals surface area (Å²) < 4.78 is 62.2. The predicted octanol–water partition coefficient (Wildman–Crippen LogP) is 9.56. The summed E-state index contributed by atoms with van der Waals surface area (Å²) in [6.07, 6.45) is 9.29. The van der Waals surface area contributed by atoms with Crippen molar-refractivity contribution in [3.8, 4) is 46.0 Å². The van der Waals surface area contributed by atoms with Gasteiger partial charge in [0.15, 0.2) is 34.5 Å². The summed E-state index contributed by atoms with van der Waals surface area (Å²) in [5.74, 6) is 1.62. The quantitative estimate of drug-likeness (QED) is 0.0311. The Morgan fingerprint density at radius 3 is 1.10 bits per heavy atom. The molecule has 7 N–H and O–H groups in total. The summed E-state index contributed by atoms with van der Waals surface area (Å²) >= 11 is 17.6. The van der Waals surface area contributed by atoms with Gasteiger partial charge in [-0.15, -0.1) is 0 Å². The Morgan fingerprint density at radius 1 is 0.449 bits per heavy atom. The zero-order valence-electron chi connectivity index (χ0n) is 49.2. The second kappa shape index (κ2) is 35.0. The summed E-state index contributed by atoms with van der Waals surface area (Å²) in [6.45, 7) is 8.26. The Balaban J connectivity index is 0.000000191. The van der Waals surface area contributed by atoms with Crippen molar-refractivity contribution in [1.82, 2.24) is 44.6 Å². The van der Waals surface area contributed by atoms with Crippen LogP contribution >= 0.6 is 34.8 Å². The number of halogens is 5. The molecule has 5 aromatic carbocycles. The molecule has 29 heteroatoms. The summed E-state index contributed by atoms with van der Waals surface area (Å²) in [6, 6.07) is 14.6. The third-order valence-corrected chi connectivity index (χ3v) is 15.5. The number of fused-ring (bicyclic) bond motifs is 3. The van der Waals surface area contributed by atoms with Crippen LogP contribution in [0.1, 0.15) is 38.5 Å². The zero-order valence-corrected chi connectivity index (χ0v) is 61.0. The molecule has 0 saturated carbocycles. The number of β-amino-alcohol motifs (C(OH)–C–C–N with tert-alkyl or cyclic N) is 3. The molecule has 0 bridgehead atoms. The van der Waals surface area contributed by atoms with Crippen LogP contribution in [0.3, 0.4) is 0 Å². The van der Waals surface area contributed by atoms with Crippen molar-refractivity contribution < 1.29 is 151 Å². The van der Waals surface area contributed by atoms with Crippen molar-refractivity contribution in [2.24, 2.45) is 0 Å². The number of phenols is 2. The molecule has 11 rings (SSSR count). The van der Waals surface area contributed by atoms with Crippen LogP contribution in [0.4, 0.5) is 31.8 Å². The molecule has 0 spiro atoms. The number of methoxy groups -OCH3 is 3. The van der Waals surface area contributed by atoms with Gasteiger partial charge >= 0.3 is 0 Å². The smallest absolute Gasteiger partial charge is 0.163 e.